The van der Waals surface area contributed by atoms with Crippen LogP contribution in [0.25, 0.3) is 10.9 Å². The number of hydrogen-bond donors (Lipinski definition) is 2. The number of fused-ring (bicyclic) bond motifs is 4. The number of halogens is 1. The monoisotopic (exact) mass is 350 g/mol. The number of benzene rings is 2. The highest BCUT2D eigenvalue weighted by Gasteiger charge is 2.47. The Hall–Kier alpha value is -2.33. The second-order valence-corrected chi connectivity index (χ2v) is 8.07. The third-order valence-corrected chi connectivity index (χ3v) is 6.57. The molecule has 3 aromatic rings. The van der Waals surface area contributed by atoms with Crippen molar-refractivity contribution in [1.29, 1.82) is 0 Å². The van der Waals surface area contributed by atoms with Crippen LogP contribution in [0.5, 0.6) is 5.75 Å². The first-order chi connectivity index (χ1) is 12.5. The van der Waals surface area contributed by atoms with Gasteiger partial charge in [0.05, 0.1) is 0 Å². The van der Waals surface area contributed by atoms with E-state index in [1.165, 1.54) is 22.9 Å². The largest absolute Gasteiger partial charge is 0.508 e. The lowest BCUT2D eigenvalue weighted by Gasteiger charge is -2.50. The third kappa shape index (κ3) is 2.28. The maximum atomic E-state index is 13.8. The van der Waals surface area contributed by atoms with Crippen LogP contribution in [0.2, 0.25) is 0 Å². The quantitative estimate of drug-likeness (QED) is 0.696. The van der Waals surface area contributed by atoms with E-state index in [0.29, 0.717) is 11.7 Å². The zero-order chi connectivity index (χ0) is 17.9. The van der Waals surface area contributed by atoms with E-state index in [-0.39, 0.29) is 11.2 Å². The number of aromatic nitrogens is 1. The van der Waals surface area contributed by atoms with Crippen LogP contribution < -0.4 is 0 Å². The molecule has 1 aliphatic carbocycles. The average Bonchev–Trinajstić information content (AvgIpc) is 2.96. The summed E-state index contributed by atoms with van der Waals surface area (Å²) in [6.45, 7) is 2.08. The van der Waals surface area contributed by atoms with Crippen molar-refractivity contribution < 1.29 is 9.50 Å². The number of aromatic amines is 1. The normalized spacial score (nSPS) is 25.8. The van der Waals surface area contributed by atoms with Gasteiger partial charge >= 0.3 is 0 Å². The van der Waals surface area contributed by atoms with Gasteiger partial charge < -0.3 is 15.0 Å². The summed E-state index contributed by atoms with van der Waals surface area (Å²) in [6.07, 6.45) is 2.93. The minimum atomic E-state index is -0.176. The van der Waals surface area contributed by atoms with E-state index in [0.717, 1.165) is 43.3 Å². The fourth-order valence-corrected chi connectivity index (χ4v) is 5.25. The Labute approximate surface area is 152 Å². The summed E-state index contributed by atoms with van der Waals surface area (Å²) in [6, 6.07) is 12.8. The number of H-pyrrole nitrogens is 1. The van der Waals surface area contributed by atoms with Crippen molar-refractivity contribution in [1.82, 2.24) is 9.88 Å². The Morgan fingerprint density at radius 1 is 1.23 bits per heavy atom. The maximum absolute atomic E-state index is 13.8. The zero-order valence-corrected chi connectivity index (χ0v) is 14.9. The Bertz CT molecular complexity index is 995. The molecule has 4 heteroatoms. The SMILES string of the molecule is CN1CCC2(c3cccc(O)c3)Cc3[nH]c4ccc(F)cc4c3CC2C1. The molecule has 2 atom stereocenters. The first-order valence-corrected chi connectivity index (χ1v) is 9.32. The molecule has 2 N–H and O–H groups in total. The third-order valence-electron chi connectivity index (χ3n) is 6.57. The fraction of sp³-hybridized carbons (Fsp3) is 0.364. The predicted molar refractivity (Wildman–Crippen MR) is 101 cm³/mol. The lowest BCUT2D eigenvalue weighted by molar-refractivity contribution is 0.0994. The Balaban J connectivity index is 1.68. The van der Waals surface area contributed by atoms with Gasteiger partial charge in [-0.15, -0.1) is 0 Å². The van der Waals surface area contributed by atoms with E-state index in [9.17, 15) is 9.50 Å². The molecule has 2 aromatic carbocycles. The maximum Gasteiger partial charge on any atom is 0.123 e. The van der Waals surface area contributed by atoms with Crippen LogP contribution in [0.1, 0.15) is 23.2 Å². The van der Waals surface area contributed by atoms with Crippen molar-refractivity contribution in [2.24, 2.45) is 5.92 Å². The summed E-state index contributed by atoms with van der Waals surface area (Å²) in [7, 11) is 2.18. The van der Waals surface area contributed by atoms with E-state index in [2.05, 4.69) is 23.0 Å². The van der Waals surface area contributed by atoms with E-state index >= 15 is 0 Å². The number of piperidine rings is 1. The van der Waals surface area contributed by atoms with E-state index in [1.807, 2.05) is 18.2 Å². The van der Waals surface area contributed by atoms with Gasteiger partial charge in [0.15, 0.2) is 0 Å². The molecule has 1 fully saturated rings. The molecule has 1 aliphatic heterocycles. The summed E-state index contributed by atoms with van der Waals surface area (Å²) < 4.78 is 13.8. The van der Waals surface area contributed by atoms with Crippen molar-refractivity contribution in [3.8, 4) is 5.75 Å². The van der Waals surface area contributed by atoms with Crippen LogP contribution in [0.15, 0.2) is 42.5 Å². The van der Waals surface area contributed by atoms with Crippen LogP contribution >= 0.6 is 0 Å². The zero-order valence-electron chi connectivity index (χ0n) is 14.9. The van der Waals surface area contributed by atoms with Gasteiger partial charge in [-0.25, -0.2) is 4.39 Å². The number of likely N-dealkylation sites (tertiary alicyclic amines) is 1. The molecule has 0 saturated carbocycles. The van der Waals surface area contributed by atoms with Gasteiger partial charge in [0.25, 0.3) is 0 Å². The molecular formula is C22H23FN2O. The minimum absolute atomic E-state index is 0.0255. The number of hydrogen-bond acceptors (Lipinski definition) is 2. The molecule has 0 radical (unpaired) electrons. The lowest BCUT2D eigenvalue weighted by Crippen LogP contribution is -2.52. The number of phenolic OH excluding ortho intramolecular Hbond substituents is 1. The molecule has 1 aromatic heterocycles. The fourth-order valence-electron chi connectivity index (χ4n) is 5.25. The standard InChI is InChI=1S/C22H23FN2O/c1-25-8-7-22(14-3-2-4-17(26)9-14)12-21-18(10-15(22)13-25)19-11-16(23)5-6-20(19)24-21/h2-6,9,11,15,24,26H,7-8,10,12-13H2,1H3. The van der Waals surface area contributed by atoms with Crippen molar-refractivity contribution in [2.45, 2.75) is 24.7 Å². The lowest BCUT2D eigenvalue weighted by atomic mass is 9.59. The molecule has 2 heterocycles. The minimum Gasteiger partial charge on any atom is -0.508 e. The molecule has 0 amide bonds. The van der Waals surface area contributed by atoms with Crippen LogP contribution in [-0.2, 0) is 18.3 Å². The number of phenols is 1. The molecule has 2 unspecified atom stereocenters. The summed E-state index contributed by atoms with van der Waals surface area (Å²) >= 11 is 0. The molecule has 0 bridgehead atoms. The molecule has 1 saturated heterocycles. The van der Waals surface area contributed by atoms with Crippen molar-refractivity contribution in [2.75, 3.05) is 20.1 Å². The van der Waals surface area contributed by atoms with Crippen LogP contribution in [-0.4, -0.2) is 35.1 Å². The average molecular weight is 350 g/mol. The van der Waals surface area contributed by atoms with Crippen molar-refractivity contribution >= 4 is 10.9 Å². The van der Waals surface area contributed by atoms with Gasteiger partial charge in [-0.2, -0.15) is 0 Å². The Morgan fingerprint density at radius 2 is 2.12 bits per heavy atom. The number of nitrogens with one attached hydrogen (secondary N) is 1. The van der Waals surface area contributed by atoms with Crippen LogP contribution in [0.4, 0.5) is 4.39 Å². The van der Waals surface area contributed by atoms with E-state index in [4.69, 9.17) is 0 Å². The van der Waals surface area contributed by atoms with Gasteiger partial charge in [-0.3, -0.25) is 0 Å². The Kier molecular flexibility index (Phi) is 3.41. The summed E-state index contributed by atoms with van der Waals surface area (Å²) in [4.78, 5) is 5.95. The topological polar surface area (TPSA) is 39.3 Å². The first-order valence-electron chi connectivity index (χ1n) is 9.32. The molecule has 134 valence electrons. The summed E-state index contributed by atoms with van der Waals surface area (Å²) in [5.74, 6) is 0.613. The van der Waals surface area contributed by atoms with Gasteiger partial charge in [0.2, 0.25) is 0 Å². The highest BCUT2D eigenvalue weighted by molar-refractivity contribution is 5.85. The second-order valence-electron chi connectivity index (χ2n) is 8.07. The van der Waals surface area contributed by atoms with Gasteiger partial charge in [0.1, 0.15) is 11.6 Å². The number of rotatable bonds is 1. The highest BCUT2D eigenvalue weighted by Crippen LogP contribution is 2.49. The van der Waals surface area contributed by atoms with Crippen LogP contribution in [0, 0.1) is 11.7 Å². The molecule has 0 spiro atoms. The summed E-state index contributed by atoms with van der Waals surface area (Å²) in [5, 5.41) is 11.1. The Morgan fingerprint density at radius 3 is 2.96 bits per heavy atom. The molecular weight excluding hydrogens is 327 g/mol. The second kappa shape index (κ2) is 5.58. The first kappa shape index (κ1) is 15.9. The number of nitrogens with zero attached hydrogens (tertiary/aromatic N) is 1. The molecule has 26 heavy (non-hydrogen) atoms. The smallest absolute Gasteiger partial charge is 0.123 e. The van der Waals surface area contributed by atoms with Crippen molar-refractivity contribution in [3.63, 3.8) is 0 Å². The van der Waals surface area contributed by atoms with E-state index in [1.54, 1.807) is 12.1 Å². The highest BCUT2D eigenvalue weighted by atomic mass is 19.1. The number of aromatic hydroxyl groups is 1. The van der Waals surface area contributed by atoms with E-state index < -0.39 is 0 Å². The molecule has 5 rings (SSSR count). The molecule has 3 nitrogen and oxygen atoms in total. The van der Waals surface area contributed by atoms with Gasteiger partial charge in [-0.05, 0) is 80.2 Å². The van der Waals surface area contributed by atoms with Crippen molar-refractivity contribution in [3.05, 3.63) is 65.1 Å². The molecule has 2 aliphatic rings. The van der Waals surface area contributed by atoms with Gasteiger partial charge in [-0.1, -0.05) is 12.1 Å². The summed E-state index contributed by atoms with van der Waals surface area (Å²) in [5.41, 5.74) is 4.78. The van der Waals surface area contributed by atoms with Gasteiger partial charge in [0, 0.05) is 28.6 Å². The predicted octanol–water partition coefficient (Wildman–Crippen LogP) is 4.00. The van der Waals surface area contributed by atoms with Crippen LogP contribution in [0.3, 0.4) is 0 Å².